The fourth-order valence-electron chi connectivity index (χ4n) is 9.44. The van der Waals surface area contributed by atoms with Crippen LogP contribution in [-0.2, 0) is 4.79 Å². The van der Waals surface area contributed by atoms with Crippen LogP contribution in [0.15, 0.2) is 48.7 Å². The molecular formula is C33H33N3O3. The van der Waals surface area contributed by atoms with Crippen LogP contribution in [0.4, 0.5) is 0 Å². The maximum Gasteiger partial charge on any atom is 0.177 e. The van der Waals surface area contributed by atoms with Crippen molar-refractivity contribution in [3.8, 4) is 23.6 Å². The number of hydrogen-bond donors (Lipinski definition) is 0. The molecule has 8 rings (SSSR count). The first kappa shape index (κ1) is 24.3. The third kappa shape index (κ3) is 3.27. The monoisotopic (exact) mass is 519 g/mol. The van der Waals surface area contributed by atoms with E-state index in [0.29, 0.717) is 29.3 Å². The molecule has 198 valence electrons. The van der Waals surface area contributed by atoms with Gasteiger partial charge in [-0.1, -0.05) is 30.3 Å². The molecule has 6 nitrogen and oxygen atoms in total. The lowest BCUT2D eigenvalue weighted by molar-refractivity contribution is -0.148. The number of benzene rings is 2. The summed E-state index contributed by atoms with van der Waals surface area (Å²) in [7, 11) is 3.17. The Kier molecular flexibility index (Phi) is 5.37. The van der Waals surface area contributed by atoms with Crippen LogP contribution in [0.25, 0.3) is 6.08 Å². The Bertz CT molecular complexity index is 1410. The lowest BCUT2D eigenvalue weighted by Gasteiger charge is -2.57. The minimum atomic E-state index is -1.47. The number of nitrogens with zero attached hydrogens (tertiary/aromatic N) is 3. The summed E-state index contributed by atoms with van der Waals surface area (Å²) >= 11 is 0. The van der Waals surface area contributed by atoms with E-state index in [4.69, 9.17) is 9.47 Å². The first-order valence-electron chi connectivity index (χ1n) is 14.1. The van der Waals surface area contributed by atoms with E-state index in [9.17, 15) is 10.5 Å². The second-order valence-electron chi connectivity index (χ2n) is 12.5. The van der Waals surface area contributed by atoms with Crippen LogP contribution < -0.4 is 9.47 Å². The predicted octanol–water partition coefficient (Wildman–Crippen LogP) is 6.02. The molecule has 4 bridgehead atoms. The number of rotatable bonds is 5. The SMILES string of the molecule is COc1ccc([C@H]2[C@H](C(=O)C34CC5CC(CC(C5)C3)C4)N3C=Cc4ccccc4[C@H]3C2(C#N)C#N)cc1OC. The van der Waals surface area contributed by atoms with E-state index in [1.165, 1.54) is 19.3 Å². The fraction of sp³-hybridized carbons (Fsp3) is 0.485. The molecule has 1 saturated heterocycles. The van der Waals surface area contributed by atoms with Crippen molar-refractivity contribution in [2.45, 2.75) is 56.5 Å². The molecule has 2 aliphatic heterocycles. The highest BCUT2D eigenvalue weighted by molar-refractivity contribution is 5.93. The van der Waals surface area contributed by atoms with Crippen molar-refractivity contribution < 1.29 is 14.3 Å². The molecule has 2 heterocycles. The molecule has 0 radical (unpaired) electrons. The molecule has 39 heavy (non-hydrogen) atoms. The molecule has 4 aliphatic carbocycles. The molecule has 2 aromatic carbocycles. The first-order valence-corrected chi connectivity index (χ1v) is 14.1. The van der Waals surface area contributed by atoms with Gasteiger partial charge in [-0.25, -0.2) is 0 Å². The standard InChI is InChI=1S/C33H33N3O3/c1-38-26-8-7-24(14-27(26)39-2)28-29(31(37)32-15-20-11-21(16-32)13-22(12-20)17-32)36-10-9-23-5-3-4-6-25(23)30(36)33(28,18-34)19-35/h3-10,14,20-22,28-30H,11-13,15-17H2,1-2H3/t20?,21?,22?,28-,29+,30-,32?/m0/s1. The summed E-state index contributed by atoms with van der Waals surface area (Å²) in [6.07, 6.45) is 10.6. The summed E-state index contributed by atoms with van der Waals surface area (Å²) in [6.45, 7) is 0. The topological polar surface area (TPSA) is 86.4 Å². The molecule has 0 N–H and O–H groups in total. The number of Topliss-reactive ketones (excluding diaryl/α,β-unsaturated/α-hetero) is 1. The van der Waals surface area contributed by atoms with E-state index in [-0.39, 0.29) is 11.2 Å². The van der Waals surface area contributed by atoms with Gasteiger partial charge in [-0.15, -0.1) is 0 Å². The van der Waals surface area contributed by atoms with Gasteiger partial charge in [0.1, 0.15) is 0 Å². The van der Waals surface area contributed by atoms with Crippen LogP contribution in [-0.4, -0.2) is 30.9 Å². The molecule has 4 saturated carbocycles. The Hall–Kier alpha value is -3.77. The highest BCUT2D eigenvalue weighted by Crippen LogP contribution is 2.65. The van der Waals surface area contributed by atoms with Gasteiger partial charge >= 0.3 is 0 Å². The van der Waals surface area contributed by atoms with Crippen LogP contribution in [0.2, 0.25) is 0 Å². The van der Waals surface area contributed by atoms with Crippen LogP contribution in [0.3, 0.4) is 0 Å². The quantitative estimate of drug-likeness (QED) is 0.480. The average molecular weight is 520 g/mol. The third-order valence-corrected chi connectivity index (χ3v) is 10.5. The van der Waals surface area contributed by atoms with Gasteiger partial charge < -0.3 is 14.4 Å². The zero-order valence-corrected chi connectivity index (χ0v) is 22.5. The Morgan fingerprint density at radius 2 is 1.56 bits per heavy atom. The number of fused-ring (bicyclic) bond motifs is 3. The molecule has 0 amide bonds. The Morgan fingerprint density at radius 3 is 2.18 bits per heavy atom. The van der Waals surface area contributed by atoms with Crippen molar-refractivity contribution in [1.29, 1.82) is 10.5 Å². The summed E-state index contributed by atoms with van der Waals surface area (Å²) in [5, 5.41) is 21.8. The first-order chi connectivity index (χ1) is 19.0. The number of methoxy groups -OCH3 is 2. The smallest absolute Gasteiger partial charge is 0.177 e. The third-order valence-electron chi connectivity index (χ3n) is 10.5. The van der Waals surface area contributed by atoms with E-state index >= 15 is 4.79 Å². The van der Waals surface area contributed by atoms with Crippen molar-refractivity contribution in [1.82, 2.24) is 4.90 Å². The summed E-state index contributed by atoms with van der Waals surface area (Å²) in [5.41, 5.74) is 0.837. The highest BCUT2D eigenvalue weighted by atomic mass is 16.5. The van der Waals surface area contributed by atoms with E-state index in [2.05, 4.69) is 17.0 Å². The molecule has 2 aromatic rings. The van der Waals surface area contributed by atoms with Crippen molar-refractivity contribution >= 4 is 11.9 Å². The molecule has 6 heteroatoms. The average Bonchev–Trinajstić information content (AvgIpc) is 3.26. The molecule has 6 aliphatic rings. The van der Waals surface area contributed by atoms with E-state index < -0.39 is 23.4 Å². The van der Waals surface area contributed by atoms with Gasteiger partial charge in [0.25, 0.3) is 0 Å². The summed E-state index contributed by atoms with van der Waals surface area (Å²) < 4.78 is 11.1. The zero-order chi connectivity index (χ0) is 26.9. The minimum absolute atomic E-state index is 0.225. The van der Waals surface area contributed by atoms with Gasteiger partial charge in [0.05, 0.1) is 38.4 Å². The highest BCUT2D eigenvalue weighted by Gasteiger charge is 2.67. The van der Waals surface area contributed by atoms with Crippen LogP contribution in [0.5, 0.6) is 11.5 Å². The molecule has 0 unspecified atom stereocenters. The molecule has 0 spiro atoms. The summed E-state index contributed by atoms with van der Waals surface area (Å²) in [4.78, 5) is 17.2. The number of ether oxygens (including phenoxy) is 2. The number of carbonyl (C=O) groups excluding carboxylic acids is 1. The fourth-order valence-corrected chi connectivity index (χ4v) is 9.44. The lowest BCUT2D eigenvalue weighted by Crippen LogP contribution is -2.55. The van der Waals surface area contributed by atoms with Crippen LogP contribution >= 0.6 is 0 Å². The summed E-state index contributed by atoms with van der Waals surface area (Å²) in [5.74, 6) is 2.53. The van der Waals surface area contributed by atoms with Crippen LogP contribution in [0, 0.1) is 51.2 Å². The largest absolute Gasteiger partial charge is 0.493 e. The molecule has 3 atom stereocenters. The van der Waals surface area contributed by atoms with Gasteiger partial charge in [0.2, 0.25) is 0 Å². The van der Waals surface area contributed by atoms with Crippen molar-refractivity contribution in [2.75, 3.05) is 14.2 Å². The van der Waals surface area contributed by atoms with Gasteiger partial charge in [0, 0.05) is 17.5 Å². The number of carbonyl (C=O) groups is 1. The number of ketones is 1. The number of hydrogen-bond acceptors (Lipinski definition) is 6. The van der Waals surface area contributed by atoms with E-state index in [0.717, 1.165) is 36.0 Å². The normalized spacial score (nSPS) is 34.5. The molecule has 0 aromatic heterocycles. The van der Waals surface area contributed by atoms with Gasteiger partial charge in [-0.05, 0) is 91.2 Å². The number of nitriles is 2. The van der Waals surface area contributed by atoms with Gasteiger partial charge in [-0.3, -0.25) is 4.79 Å². The van der Waals surface area contributed by atoms with Crippen molar-refractivity contribution in [3.05, 3.63) is 65.4 Å². The second-order valence-corrected chi connectivity index (χ2v) is 12.5. The van der Waals surface area contributed by atoms with E-state index in [1.54, 1.807) is 14.2 Å². The summed E-state index contributed by atoms with van der Waals surface area (Å²) in [6, 6.07) is 17.3. The molecular weight excluding hydrogens is 486 g/mol. The maximum atomic E-state index is 15.1. The van der Waals surface area contributed by atoms with E-state index in [1.807, 2.05) is 54.7 Å². The predicted molar refractivity (Wildman–Crippen MR) is 145 cm³/mol. The van der Waals surface area contributed by atoms with Crippen molar-refractivity contribution in [2.24, 2.45) is 28.6 Å². The van der Waals surface area contributed by atoms with Gasteiger partial charge in [0.15, 0.2) is 22.7 Å². The zero-order valence-electron chi connectivity index (χ0n) is 22.5. The van der Waals surface area contributed by atoms with Gasteiger partial charge in [-0.2, -0.15) is 10.5 Å². The maximum absolute atomic E-state index is 15.1. The Balaban J connectivity index is 1.43. The minimum Gasteiger partial charge on any atom is -0.493 e. The second kappa shape index (κ2) is 8.62. The lowest BCUT2D eigenvalue weighted by atomic mass is 9.47. The Labute approximate surface area is 229 Å². The Morgan fingerprint density at radius 1 is 0.923 bits per heavy atom. The van der Waals surface area contributed by atoms with Crippen molar-refractivity contribution in [3.63, 3.8) is 0 Å². The van der Waals surface area contributed by atoms with Crippen LogP contribution in [0.1, 0.15) is 67.2 Å². The molecule has 5 fully saturated rings.